The zero-order valence-corrected chi connectivity index (χ0v) is 16.7. The van der Waals surface area contributed by atoms with E-state index in [0.29, 0.717) is 10.5 Å². The smallest absolute Gasteiger partial charge is 0.310 e. The van der Waals surface area contributed by atoms with Crippen LogP contribution in [-0.4, -0.2) is 15.5 Å². The standard InChI is InChI=1S/C25H17NO3S/c27-22-12-11-18-6-3-4-8-20(18)21(22)14-23-24(28)26(25(29)30-23)15-16-9-10-17-5-1-2-7-19(17)13-16/h1-14,28H,15H2/b21-14-. The third kappa shape index (κ3) is 3.19. The number of carbonyl (C=O) groups excluding carboxylic acids is 1. The SMILES string of the molecule is O=C1C=Cc2ccccc2/C1=C/c1sc(=O)n(Cc2ccc3ccccc3c2)c1O. The first-order valence-corrected chi connectivity index (χ1v) is 10.4. The molecule has 0 amide bonds. The third-order valence-electron chi connectivity index (χ3n) is 5.25. The Kier molecular flexibility index (Phi) is 4.45. The van der Waals surface area contributed by atoms with Crippen LogP contribution in [0.5, 0.6) is 5.88 Å². The molecule has 0 unspecified atom stereocenters. The van der Waals surface area contributed by atoms with Crippen molar-refractivity contribution in [1.82, 2.24) is 4.57 Å². The van der Waals surface area contributed by atoms with E-state index >= 15 is 0 Å². The molecule has 0 aliphatic heterocycles. The van der Waals surface area contributed by atoms with Gasteiger partial charge in [-0.1, -0.05) is 78.1 Å². The van der Waals surface area contributed by atoms with Gasteiger partial charge < -0.3 is 5.11 Å². The molecule has 0 saturated carbocycles. The fourth-order valence-corrected chi connectivity index (χ4v) is 4.55. The second kappa shape index (κ2) is 7.28. The lowest BCUT2D eigenvalue weighted by molar-refractivity contribution is -0.109. The highest BCUT2D eigenvalue weighted by Gasteiger charge is 2.20. The number of aromatic hydroxyl groups is 1. The average Bonchev–Trinajstić information content (AvgIpc) is 3.03. The second-order valence-electron chi connectivity index (χ2n) is 7.17. The predicted octanol–water partition coefficient (Wildman–Crippen LogP) is 4.95. The van der Waals surface area contributed by atoms with Crippen LogP contribution in [0.4, 0.5) is 0 Å². The molecule has 0 fully saturated rings. The van der Waals surface area contributed by atoms with Gasteiger partial charge in [0.05, 0.1) is 11.4 Å². The van der Waals surface area contributed by atoms with Crippen LogP contribution < -0.4 is 4.87 Å². The Balaban J connectivity index is 1.54. The molecule has 5 rings (SSSR count). The van der Waals surface area contributed by atoms with E-state index in [4.69, 9.17) is 0 Å². The van der Waals surface area contributed by atoms with Crippen molar-refractivity contribution in [2.24, 2.45) is 0 Å². The van der Waals surface area contributed by atoms with Crippen LogP contribution >= 0.6 is 11.3 Å². The van der Waals surface area contributed by atoms with E-state index in [9.17, 15) is 14.7 Å². The Morgan fingerprint density at radius 3 is 2.53 bits per heavy atom. The number of carbonyl (C=O) groups is 1. The maximum atomic E-state index is 12.6. The number of hydrogen-bond acceptors (Lipinski definition) is 4. The maximum absolute atomic E-state index is 12.6. The van der Waals surface area contributed by atoms with Crippen LogP contribution in [0.2, 0.25) is 0 Å². The zero-order chi connectivity index (χ0) is 20.7. The van der Waals surface area contributed by atoms with Gasteiger partial charge in [0.2, 0.25) is 5.88 Å². The minimum absolute atomic E-state index is 0.120. The van der Waals surface area contributed by atoms with E-state index in [-0.39, 0.29) is 23.1 Å². The minimum Gasteiger partial charge on any atom is -0.493 e. The Bertz CT molecular complexity index is 1420. The van der Waals surface area contributed by atoms with Crippen molar-refractivity contribution in [3.8, 4) is 5.88 Å². The van der Waals surface area contributed by atoms with Crippen LogP contribution in [0.25, 0.3) is 28.5 Å². The number of rotatable bonds is 3. The molecule has 0 atom stereocenters. The van der Waals surface area contributed by atoms with Crippen molar-refractivity contribution in [2.45, 2.75) is 6.54 Å². The lowest BCUT2D eigenvalue weighted by Crippen LogP contribution is -2.13. The Labute approximate surface area is 176 Å². The van der Waals surface area contributed by atoms with Crippen molar-refractivity contribution in [2.75, 3.05) is 0 Å². The maximum Gasteiger partial charge on any atom is 0.310 e. The van der Waals surface area contributed by atoms with Gasteiger partial charge in [-0.2, -0.15) is 0 Å². The summed E-state index contributed by atoms with van der Waals surface area (Å²) in [4.78, 5) is 25.2. The molecule has 0 spiro atoms. The number of benzene rings is 3. The molecule has 1 aliphatic rings. The lowest BCUT2D eigenvalue weighted by Gasteiger charge is -2.12. The first-order chi connectivity index (χ1) is 14.6. The number of nitrogens with zero attached hydrogens (tertiary/aromatic N) is 1. The first-order valence-electron chi connectivity index (χ1n) is 9.54. The molecule has 3 aromatic carbocycles. The summed E-state index contributed by atoms with van der Waals surface area (Å²) >= 11 is 0.939. The number of aromatic nitrogens is 1. The molecule has 1 aliphatic carbocycles. The van der Waals surface area contributed by atoms with Crippen molar-refractivity contribution in [3.63, 3.8) is 0 Å². The molecule has 5 heteroatoms. The average molecular weight is 411 g/mol. The Morgan fingerprint density at radius 2 is 1.67 bits per heavy atom. The summed E-state index contributed by atoms with van der Waals surface area (Å²) in [6, 6.07) is 21.6. The van der Waals surface area contributed by atoms with Crippen LogP contribution in [0.1, 0.15) is 21.6 Å². The normalized spacial score (nSPS) is 14.4. The van der Waals surface area contributed by atoms with Gasteiger partial charge in [-0.3, -0.25) is 14.2 Å². The van der Waals surface area contributed by atoms with Gasteiger partial charge in [0.15, 0.2) is 5.78 Å². The predicted molar refractivity (Wildman–Crippen MR) is 122 cm³/mol. The molecule has 4 nitrogen and oxygen atoms in total. The van der Waals surface area contributed by atoms with E-state index in [2.05, 4.69) is 0 Å². The van der Waals surface area contributed by atoms with Crippen LogP contribution in [0.15, 0.2) is 77.6 Å². The highest BCUT2D eigenvalue weighted by molar-refractivity contribution is 7.10. The first kappa shape index (κ1) is 18.3. The molecule has 1 heterocycles. The molecule has 4 aromatic rings. The highest BCUT2D eigenvalue weighted by Crippen LogP contribution is 2.32. The molecule has 0 bridgehead atoms. The quantitative estimate of drug-likeness (QED) is 0.485. The van der Waals surface area contributed by atoms with Crippen LogP contribution in [0, 0.1) is 0 Å². The Hall–Kier alpha value is -3.70. The van der Waals surface area contributed by atoms with Crippen molar-refractivity contribution >= 4 is 45.6 Å². The van der Waals surface area contributed by atoms with Crippen molar-refractivity contribution in [1.29, 1.82) is 0 Å². The Morgan fingerprint density at radius 1 is 0.900 bits per heavy atom. The molecule has 30 heavy (non-hydrogen) atoms. The van der Waals surface area contributed by atoms with E-state index < -0.39 is 0 Å². The number of allylic oxidation sites excluding steroid dienone is 2. The summed E-state index contributed by atoms with van der Waals surface area (Å²) < 4.78 is 1.34. The number of fused-ring (bicyclic) bond motifs is 2. The molecular formula is C25H17NO3S. The molecule has 1 aromatic heterocycles. The van der Waals surface area contributed by atoms with E-state index in [0.717, 1.165) is 38.8 Å². The van der Waals surface area contributed by atoms with E-state index in [1.165, 1.54) is 10.6 Å². The van der Waals surface area contributed by atoms with Crippen molar-refractivity contribution < 1.29 is 9.90 Å². The summed E-state index contributed by atoms with van der Waals surface area (Å²) in [5, 5.41) is 12.9. The minimum atomic E-state index is -0.264. The van der Waals surface area contributed by atoms with Crippen molar-refractivity contribution in [3.05, 3.63) is 104 Å². The molecule has 146 valence electrons. The van der Waals surface area contributed by atoms with Crippen LogP contribution in [0.3, 0.4) is 0 Å². The van der Waals surface area contributed by atoms with Gasteiger partial charge >= 0.3 is 4.87 Å². The summed E-state index contributed by atoms with van der Waals surface area (Å²) in [6.07, 6.45) is 4.91. The number of thiazole rings is 1. The van der Waals surface area contributed by atoms with Gasteiger partial charge in [-0.05, 0) is 45.7 Å². The fourth-order valence-electron chi connectivity index (χ4n) is 3.72. The fraction of sp³-hybridized carbons (Fsp3) is 0.0400. The summed E-state index contributed by atoms with van der Waals surface area (Å²) in [6.45, 7) is 0.264. The van der Waals surface area contributed by atoms with Gasteiger partial charge in [0.25, 0.3) is 0 Å². The van der Waals surface area contributed by atoms with Gasteiger partial charge in [-0.25, -0.2) is 0 Å². The summed E-state index contributed by atoms with van der Waals surface area (Å²) in [5.41, 5.74) is 3.13. The second-order valence-corrected chi connectivity index (χ2v) is 8.16. The van der Waals surface area contributed by atoms with E-state index in [1.54, 1.807) is 12.2 Å². The lowest BCUT2D eigenvalue weighted by atomic mass is 9.91. The van der Waals surface area contributed by atoms with Gasteiger partial charge in [0.1, 0.15) is 0 Å². The largest absolute Gasteiger partial charge is 0.493 e. The number of ketones is 1. The topological polar surface area (TPSA) is 59.3 Å². The van der Waals surface area contributed by atoms with Crippen LogP contribution in [-0.2, 0) is 11.3 Å². The molecule has 0 saturated heterocycles. The monoisotopic (exact) mass is 411 g/mol. The third-order valence-corrected chi connectivity index (χ3v) is 6.17. The van der Waals surface area contributed by atoms with Gasteiger partial charge in [0, 0.05) is 5.57 Å². The summed E-state index contributed by atoms with van der Waals surface area (Å²) in [7, 11) is 0. The molecular weight excluding hydrogens is 394 g/mol. The summed E-state index contributed by atoms with van der Waals surface area (Å²) in [5.74, 6) is -0.263. The van der Waals surface area contributed by atoms with E-state index in [1.807, 2.05) is 66.7 Å². The molecule has 1 N–H and O–H groups in total. The number of hydrogen-bond donors (Lipinski definition) is 1. The highest BCUT2D eigenvalue weighted by atomic mass is 32.1. The molecule has 0 radical (unpaired) electrons. The zero-order valence-electron chi connectivity index (χ0n) is 15.9. The van der Waals surface area contributed by atoms with Gasteiger partial charge in [-0.15, -0.1) is 0 Å².